The summed E-state index contributed by atoms with van der Waals surface area (Å²) in [4.78, 5) is 7.48. The lowest BCUT2D eigenvalue weighted by Crippen LogP contribution is -2.45. The van der Waals surface area contributed by atoms with Gasteiger partial charge >= 0.3 is 0 Å². The SMILES string of the molecule is C1=CC2=CC3=C(c4ccccc4)N=C4C=CC=CC4N3C2C=C1. The molecule has 1 aromatic rings. The van der Waals surface area contributed by atoms with Crippen molar-refractivity contribution >= 4 is 11.4 Å². The van der Waals surface area contributed by atoms with E-state index in [2.05, 4.69) is 83.8 Å². The first-order chi connectivity index (χ1) is 11.4. The first-order valence-electron chi connectivity index (χ1n) is 8.00. The lowest BCUT2D eigenvalue weighted by atomic mass is 9.97. The third-order valence-electron chi connectivity index (χ3n) is 4.72. The van der Waals surface area contributed by atoms with Crippen molar-refractivity contribution < 1.29 is 0 Å². The molecule has 2 atom stereocenters. The Kier molecular flexibility index (Phi) is 2.65. The zero-order valence-corrected chi connectivity index (χ0v) is 12.6. The van der Waals surface area contributed by atoms with E-state index < -0.39 is 0 Å². The zero-order chi connectivity index (χ0) is 15.2. The Balaban J connectivity index is 1.75. The normalized spacial score (nSPS) is 26.7. The quantitative estimate of drug-likeness (QED) is 0.763. The average molecular weight is 296 g/mol. The van der Waals surface area contributed by atoms with Crippen molar-refractivity contribution in [2.24, 2.45) is 4.99 Å². The number of benzene rings is 1. The van der Waals surface area contributed by atoms with Crippen LogP contribution in [0.5, 0.6) is 0 Å². The summed E-state index contributed by atoms with van der Waals surface area (Å²) in [6.45, 7) is 0. The number of nitrogens with zero attached hydrogens (tertiary/aromatic N) is 2. The molecule has 0 spiro atoms. The molecule has 2 nitrogen and oxygen atoms in total. The van der Waals surface area contributed by atoms with Crippen LogP contribution in [0.2, 0.25) is 0 Å². The third kappa shape index (κ3) is 1.85. The van der Waals surface area contributed by atoms with Crippen molar-refractivity contribution in [3.63, 3.8) is 0 Å². The van der Waals surface area contributed by atoms with E-state index in [-0.39, 0.29) is 6.04 Å². The summed E-state index contributed by atoms with van der Waals surface area (Å²) in [7, 11) is 0. The van der Waals surface area contributed by atoms with Gasteiger partial charge in [0.25, 0.3) is 0 Å². The van der Waals surface area contributed by atoms with Gasteiger partial charge in [0, 0.05) is 5.56 Å². The van der Waals surface area contributed by atoms with Crippen molar-refractivity contribution in [1.82, 2.24) is 4.90 Å². The highest BCUT2D eigenvalue weighted by Crippen LogP contribution is 2.41. The monoisotopic (exact) mass is 296 g/mol. The maximum Gasteiger partial charge on any atom is 0.0940 e. The van der Waals surface area contributed by atoms with Gasteiger partial charge in [-0.05, 0) is 17.7 Å². The van der Waals surface area contributed by atoms with E-state index in [4.69, 9.17) is 4.99 Å². The van der Waals surface area contributed by atoms with Crippen molar-refractivity contribution in [2.75, 3.05) is 0 Å². The summed E-state index contributed by atoms with van der Waals surface area (Å²) in [5.41, 5.74) is 5.93. The second-order valence-corrected chi connectivity index (χ2v) is 6.07. The summed E-state index contributed by atoms with van der Waals surface area (Å²) in [6.07, 6.45) is 19.6. The predicted molar refractivity (Wildman–Crippen MR) is 94.9 cm³/mol. The minimum Gasteiger partial charge on any atom is -0.347 e. The maximum absolute atomic E-state index is 5.00. The molecule has 4 aliphatic rings. The minimum atomic E-state index is 0.220. The predicted octanol–water partition coefficient (Wildman–Crippen LogP) is 4.04. The molecule has 0 amide bonds. The first-order valence-corrected chi connectivity index (χ1v) is 8.00. The number of allylic oxidation sites excluding steroid dienone is 5. The van der Waals surface area contributed by atoms with E-state index in [0.29, 0.717) is 6.04 Å². The third-order valence-corrected chi connectivity index (χ3v) is 4.72. The van der Waals surface area contributed by atoms with Crippen LogP contribution in [0.3, 0.4) is 0 Å². The van der Waals surface area contributed by atoms with Gasteiger partial charge in [0.05, 0.1) is 29.2 Å². The fourth-order valence-electron chi connectivity index (χ4n) is 3.68. The molecule has 0 bridgehead atoms. The Morgan fingerprint density at radius 2 is 1.61 bits per heavy atom. The van der Waals surface area contributed by atoms with Gasteiger partial charge in [0.2, 0.25) is 0 Å². The lowest BCUT2D eigenvalue weighted by Gasteiger charge is -2.38. The molecular formula is C21H16N2. The van der Waals surface area contributed by atoms with E-state index in [9.17, 15) is 0 Å². The second-order valence-electron chi connectivity index (χ2n) is 6.07. The highest BCUT2D eigenvalue weighted by atomic mass is 15.2. The molecule has 2 heteroatoms. The zero-order valence-electron chi connectivity index (χ0n) is 12.6. The van der Waals surface area contributed by atoms with E-state index in [0.717, 1.165) is 11.4 Å². The molecule has 0 N–H and O–H groups in total. The maximum atomic E-state index is 5.00. The summed E-state index contributed by atoms with van der Waals surface area (Å²) in [6, 6.07) is 11.0. The second kappa shape index (κ2) is 4.82. The van der Waals surface area contributed by atoms with E-state index >= 15 is 0 Å². The molecule has 2 aliphatic heterocycles. The fourth-order valence-corrected chi connectivity index (χ4v) is 3.68. The van der Waals surface area contributed by atoms with Gasteiger partial charge in [-0.25, -0.2) is 4.99 Å². The first kappa shape index (κ1) is 12.7. The summed E-state index contributed by atoms with van der Waals surface area (Å²) < 4.78 is 0. The molecule has 23 heavy (non-hydrogen) atoms. The molecule has 2 unspecified atom stereocenters. The highest BCUT2D eigenvalue weighted by molar-refractivity contribution is 6.07. The Morgan fingerprint density at radius 1 is 0.826 bits per heavy atom. The molecule has 0 aromatic heterocycles. The molecule has 110 valence electrons. The van der Waals surface area contributed by atoms with Gasteiger partial charge in [0.1, 0.15) is 0 Å². The molecule has 0 saturated heterocycles. The Labute approximate surface area is 135 Å². The molecule has 1 aromatic carbocycles. The van der Waals surface area contributed by atoms with Gasteiger partial charge in [-0.15, -0.1) is 0 Å². The van der Waals surface area contributed by atoms with Gasteiger partial charge in [-0.1, -0.05) is 72.9 Å². The Bertz CT molecular complexity index is 876. The number of rotatable bonds is 1. The van der Waals surface area contributed by atoms with E-state index in [1.807, 2.05) is 6.07 Å². The molecule has 2 aliphatic carbocycles. The van der Waals surface area contributed by atoms with Gasteiger partial charge < -0.3 is 4.90 Å². The summed E-state index contributed by atoms with van der Waals surface area (Å²) in [5, 5.41) is 0. The molecule has 0 radical (unpaired) electrons. The van der Waals surface area contributed by atoms with Gasteiger partial charge in [-0.3, -0.25) is 0 Å². The van der Waals surface area contributed by atoms with Crippen LogP contribution in [0, 0.1) is 0 Å². The molecule has 5 rings (SSSR count). The Hall–Kier alpha value is -2.87. The minimum absolute atomic E-state index is 0.220. The van der Waals surface area contributed by atoms with Crippen molar-refractivity contribution in [1.29, 1.82) is 0 Å². The van der Waals surface area contributed by atoms with Crippen LogP contribution in [0.4, 0.5) is 0 Å². The standard InChI is InChI=1S/C21H16N2/c1-2-8-15(9-3-1)21-20-14-16-10-4-6-12-18(16)23(20)19-13-7-5-11-17(19)22-21/h1-14,18-19H. The number of fused-ring (bicyclic) bond motifs is 5. The van der Waals surface area contributed by atoms with Crippen LogP contribution in [-0.2, 0) is 0 Å². The van der Waals surface area contributed by atoms with Crippen molar-refractivity contribution in [3.8, 4) is 0 Å². The number of hydrogen-bond acceptors (Lipinski definition) is 2. The molecular weight excluding hydrogens is 280 g/mol. The molecule has 0 fully saturated rings. The van der Waals surface area contributed by atoms with Gasteiger partial charge in [0.15, 0.2) is 0 Å². The fraction of sp³-hybridized carbons (Fsp3) is 0.0952. The van der Waals surface area contributed by atoms with Crippen LogP contribution in [0.15, 0.2) is 101 Å². The van der Waals surface area contributed by atoms with Crippen LogP contribution in [-0.4, -0.2) is 22.7 Å². The van der Waals surface area contributed by atoms with Gasteiger partial charge in [-0.2, -0.15) is 0 Å². The van der Waals surface area contributed by atoms with Crippen molar-refractivity contribution in [2.45, 2.75) is 12.1 Å². The summed E-state index contributed by atoms with van der Waals surface area (Å²) in [5.74, 6) is 0. The Morgan fingerprint density at radius 3 is 2.48 bits per heavy atom. The average Bonchev–Trinajstić information content (AvgIpc) is 3.01. The molecule has 0 saturated carbocycles. The number of hydrogen-bond donors (Lipinski definition) is 0. The highest BCUT2D eigenvalue weighted by Gasteiger charge is 2.38. The van der Waals surface area contributed by atoms with E-state index in [1.54, 1.807) is 0 Å². The van der Waals surface area contributed by atoms with Crippen molar-refractivity contribution in [3.05, 3.63) is 102 Å². The lowest BCUT2D eigenvalue weighted by molar-refractivity contribution is 0.344. The topological polar surface area (TPSA) is 15.6 Å². The smallest absolute Gasteiger partial charge is 0.0940 e. The van der Waals surface area contributed by atoms with Crippen LogP contribution < -0.4 is 0 Å². The van der Waals surface area contributed by atoms with E-state index in [1.165, 1.54) is 16.8 Å². The molecule has 2 heterocycles. The van der Waals surface area contributed by atoms with Crippen LogP contribution in [0.25, 0.3) is 5.70 Å². The van der Waals surface area contributed by atoms with Crippen LogP contribution in [0.1, 0.15) is 5.56 Å². The largest absolute Gasteiger partial charge is 0.347 e. The van der Waals surface area contributed by atoms with Crippen LogP contribution >= 0.6 is 0 Å². The summed E-state index contributed by atoms with van der Waals surface area (Å²) >= 11 is 0. The number of aliphatic imine (C=N–C) groups is 1.